The summed E-state index contributed by atoms with van der Waals surface area (Å²) in [5, 5.41) is 17.8. The normalized spacial score (nSPS) is 15.4. The van der Waals surface area contributed by atoms with Crippen LogP contribution in [0.1, 0.15) is 29.0 Å². The summed E-state index contributed by atoms with van der Waals surface area (Å²) in [6.07, 6.45) is 3.48. The number of nitrogens with one attached hydrogen (secondary N) is 2. The van der Waals surface area contributed by atoms with Crippen molar-refractivity contribution >= 4 is 34.2 Å². The highest BCUT2D eigenvalue weighted by molar-refractivity contribution is 7.18. The number of anilines is 1. The standard InChI is InChI=1S/C15H17ClN8OS/c1-9-2-3-11(24(9)16)14(25)18-10-4-6-23(7-5-10)15-17-8-12(26-15)13-19-21-22-20-13/h2-3,8,10H,4-7H2,1H3,(H,18,25)(H,19,20,21,22). The van der Waals surface area contributed by atoms with Gasteiger partial charge in [0, 0.05) is 36.6 Å². The molecule has 1 aliphatic heterocycles. The average molecular weight is 393 g/mol. The van der Waals surface area contributed by atoms with Gasteiger partial charge in [0.2, 0.25) is 0 Å². The number of H-pyrrole nitrogens is 1. The minimum Gasteiger partial charge on any atom is -0.348 e. The van der Waals surface area contributed by atoms with Crippen molar-refractivity contribution in [2.75, 3.05) is 18.0 Å². The Kier molecular flexibility index (Phi) is 4.60. The number of piperidine rings is 1. The number of aromatic amines is 1. The lowest BCUT2D eigenvalue weighted by atomic mass is 10.1. The number of aromatic nitrogens is 6. The molecule has 4 heterocycles. The van der Waals surface area contributed by atoms with E-state index in [2.05, 4.69) is 35.8 Å². The lowest BCUT2D eigenvalue weighted by Crippen LogP contribution is -2.45. The van der Waals surface area contributed by atoms with E-state index in [0.717, 1.165) is 41.6 Å². The summed E-state index contributed by atoms with van der Waals surface area (Å²) in [5.41, 5.74) is 1.31. The number of carbonyl (C=O) groups is 1. The second-order valence-electron chi connectivity index (χ2n) is 6.13. The van der Waals surface area contributed by atoms with E-state index in [1.54, 1.807) is 23.6 Å². The molecule has 3 aromatic heterocycles. The molecule has 0 bridgehead atoms. The summed E-state index contributed by atoms with van der Waals surface area (Å²) in [6, 6.07) is 3.69. The molecule has 4 rings (SSSR count). The Morgan fingerprint density at radius 1 is 1.38 bits per heavy atom. The lowest BCUT2D eigenvalue weighted by Gasteiger charge is -2.32. The summed E-state index contributed by atoms with van der Waals surface area (Å²) >= 11 is 7.64. The van der Waals surface area contributed by atoms with Gasteiger partial charge in [-0.05, 0) is 42.3 Å². The van der Waals surface area contributed by atoms with Crippen LogP contribution in [0.4, 0.5) is 5.13 Å². The minimum atomic E-state index is -0.138. The molecule has 2 N–H and O–H groups in total. The van der Waals surface area contributed by atoms with Gasteiger partial charge in [-0.1, -0.05) is 11.3 Å². The van der Waals surface area contributed by atoms with Crippen molar-refractivity contribution < 1.29 is 4.79 Å². The summed E-state index contributed by atoms with van der Waals surface area (Å²) < 4.78 is 1.39. The van der Waals surface area contributed by atoms with Crippen LogP contribution in [-0.2, 0) is 0 Å². The van der Waals surface area contributed by atoms with Gasteiger partial charge in [0.25, 0.3) is 5.91 Å². The number of carbonyl (C=O) groups excluding carboxylic acids is 1. The van der Waals surface area contributed by atoms with Crippen molar-refractivity contribution in [3.05, 3.63) is 29.7 Å². The van der Waals surface area contributed by atoms with E-state index in [-0.39, 0.29) is 11.9 Å². The molecule has 1 fully saturated rings. The van der Waals surface area contributed by atoms with Crippen LogP contribution in [0.2, 0.25) is 0 Å². The van der Waals surface area contributed by atoms with Crippen LogP contribution < -0.4 is 10.2 Å². The van der Waals surface area contributed by atoms with Gasteiger partial charge in [-0.2, -0.15) is 0 Å². The number of aryl methyl sites for hydroxylation is 1. The van der Waals surface area contributed by atoms with E-state index in [9.17, 15) is 4.79 Å². The Morgan fingerprint density at radius 2 is 2.19 bits per heavy atom. The van der Waals surface area contributed by atoms with Crippen molar-refractivity contribution in [1.29, 1.82) is 0 Å². The van der Waals surface area contributed by atoms with Crippen LogP contribution in [0.15, 0.2) is 18.3 Å². The molecule has 9 nitrogen and oxygen atoms in total. The largest absolute Gasteiger partial charge is 0.348 e. The van der Waals surface area contributed by atoms with E-state index < -0.39 is 0 Å². The lowest BCUT2D eigenvalue weighted by molar-refractivity contribution is 0.0925. The molecule has 0 aliphatic carbocycles. The smallest absolute Gasteiger partial charge is 0.269 e. The van der Waals surface area contributed by atoms with Crippen molar-refractivity contribution in [2.24, 2.45) is 0 Å². The Labute approximate surface area is 158 Å². The zero-order valence-electron chi connectivity index (χ0n) is 14.0. The van der Waals surface area contributed by atoms with E-state index >= 15 is 0 Å². The molecule has 3 aromatic rings. The maximum atomic E-state index is 12.4. The molecule has 0 spiro atoms. The number of hydrogen-bond acceptors (Lipinski definition) is 7. The third kappa shape index (κ3) is 3.29. The Balaban J connectivity index is 1.34. The van der Waals surface area contributed by atoms with Gasteiger partial charge in [-0.25, -0.2) is 10.1 Å². The zero-order chi connectivity index (χ0) is 18.1. The van der Waals surface area contributed by atoms with Gasteiger partial charge in [0.05, 0.1) is 11.1 Å². The van der Waals surface area contributed by atoms with Gasteiger partial charge in [0.15, 0.2) is 11.0 Å². The molecule has 0 atom stereocenters. The van der Waals surface area contributed by atoms with Crippen LogP contribution in [0.3, 0.4) is 0 Å². The second kappa shape index (κ2) is 7.04. The van der Waals surface area contributed by atoms with Crippen LogP contribution in [0.25, 0.3) is 10.7 Å². The molecule has 136 valence electrons. The molecule has 11 heteroatoms. The molecule has 0 saturated carbocycles. The van der Waals surface area contributed by atoms with Crippen molar-refractivity contribution in [3.8, 4) is 10.7 Å². The van der Waals surface area contributed by atoms with Gasteiger partial charge >= 0.3 is 0 Å². The molecule has 0 aromatic carbocycles. The second-order valence-corrected chi connectivity index (χ2v) is 7.48. The van der Waals surface area contributed by atoms with E-state index in [0.29, 0.717) is 11.5 Å². The van der Waals surface area contributed by atoms with Crippen molar-refractivity contribution in [3.63, 3.8) is 0 Å². The summed E-state index contributed by atoms with van der Waals surface area (Å²) in [6.45, 7) is 3.51. The van der Waals surface area contributed by atoms with E-state index in [1.807, 2.05) is 13.0 Å². The van der Waals surface area contributed by atoms with Gasteiger partial charge in [-0.3, -0.25) is 8.88 Å². The maximum Gasteiger partial charge on any atom is 0.269 e. The third-order valence-corrected chi connectivity index (χ3v) is 5.92. The quantitative estimate of drug-likeness (QED) is 0.701. The summed E-state index contributed by atoms with van der Waals surface area (Å²) in [4.78, 5) is 20.0. The highest BCUT2D eigenvalue weighted by Crippen LogP contribution is 2.30. The predicted octanol–water partition coefficient (Wildman–Crippen LogP) is 1.83. The van der Waals surface area contributed by atoms with E-state index in [1.165, 1.54) is 4.09 Å². The van der Waals surface area contributed by atoms with Gasteiger partial charge in [0.1, 0.15) is 5.69 Å². The molecule has 26 heavy (non-hydrogen) atoms. The number of nitrogens with zero attached hydrogens (tertiary/aromatic N) is 6. The van der Waals surface area contributed by atoms with Crippen LogP contribution in [0.5, 0.6) is 0 Å². The SMILES string of the molecule is Cc1ccc(C(=O)NC2CCN(c3ncc(-c4nnn[nH]4)s3)CC2)n1Cl. The first-order valence-corrected chi connectivity index (χ1v) is 9.37. The fourth-order valence-corrected chi connectivity index (χ4v) is 4.04. The number of halogens is 1. The number of rotatable bonds is 4. The molecule has 1 aliphatic rings. The predicted molar refractivity (Wildman–Crippen MR) is 98.4 cm³/mol. The topological polar surface area (TPSA) is 105 Å². The molecule has 1 amide bonds. The Hall–Kier alpha value is -2.46. The molecular weight excluding hydrogens is 376 g/mol. The molecule has 1 saturated heterocycles. The number of tetrazole rings is 1. The first kappa shape index (κ1) is 17.0. The number of amides is 1. The first-order chi connectivity index (χ1) is 12.6. The maximum absolute atomic E-state index is 12.4. The first-order valence-electron chi connectivity index (χ1n) is 8.22. The molecule has 0 radical (unpaired) electrons. The van der Waals surface area contributed by atoms with Gasteiger partial charge < -0.3 is 10.2 Å². The summed E-state index contributed by atoms with van der Waals surface area (Å²) in [7, 11) is 0. The third-order valence-electron chi connectivity index (χ3n) is 4.41. The van der Waals surface area contributed by atoms with Crippen LogP contribution >= 0.6 is 23.1 Å². The number of thiazole rings is 1. The van der Waals surface area contributed by atoms with Crippen LogP contribution in [0, 0.1) is 6.92 Å². The van der Waals surface area contributed by atoms with Crippen LogP contribution in [-0.4, -0.2) is 54.7 Å². The minimum absolute atomic E-state index is 0.128. The highest BCUT2D eigenvalue weighted by Gasteiger charge is 2.24. The average Bonchev–Trinajstić information content (AvgIpc) is 3.38. The fourth-order valence-electron chi connectivity index (χ4n) is 2.94. The Bertz CT molecular complexity index is 897. The number of hydrogen-bond donors (Lipinski definition) is 2. The highest BCUT2D eigenvalue weighted by atomic mass is 35.5. The molecular formula is C15H17ClN8OS. The van der Waals surface area contributed by atoms with Gasteiger partial charge in [-0.15, -0.1) is 5.10 Å². The van der Waals surface area contributed by atoms with Crippen molar-refractivity contribution in [1.82, 2.24) is 35.0 Å². The fraction of sp³-hybridized carbons (Fsp3) is 0.400. The zero-order valence-corrected chi connectivity index (χ0v) is 15.6. The van der Waals surface area contributed by atoms with E-state index in [4.69, 9.17) is 11.8 Å². The van der Waals surface area contributed by atoms with Crippen molar-refractivity contribution in [2.45, 2.75) is 25.8 Å². The monoisotopic (exact) mass is 392 g/mol. The molecule has 0 unspecified atom stereocenters. The Morgan fingerprint density at radius 3 is 2.85 bits per heavy atom. The summed E-state index contributed by atoms with van der Waals surface area (Å²) in [5.74, 6) is 0.483.